The summed E-state index contributed by atoms with van der Waals surface area (Å²) in [5.74, 6) is -0.470. The largest absolute Gasteiger partial charge is 0.461 e. The van der Waals surface area contributed by atoms with Gasteiger partial charge in [-0.3, -0.25) is 4.79 Å². The number of carbonyl (C=O) groups excluding carboxylic acids is 1. The Morgan fingerprint density at radius 3 is 2.39 bits per heavy atom. The predicted molar refractivity (Wildman–Crippen MR) is 66.8 cm³/mol. The van der Waals surface area contributed by atoms with Gasteiger partial charge >= 0.3 is 5.97 Å². The van der Waals surface area contributed by atoms with Crippen LogP contribution in [0.15, 0.2) is 35.2 Å². The number of ether oxygens (including phenoxy) is 1. The molecule has 1 aliphatic rings. The molecular weight excluding hydrogens is 252 g/mol. The molecule has 98 valence electrons. The first-order valence-electron chi connectivity index (χ1n) is 5.80. The van der Waals surface area contributed by atoms with Gasteiger partial charge in [0.05, 0.1) is 16.1 Å². The Hall–Kier alpha value is -1.36. The number of sulfone groups is 1. The first-order chi connectivity index (χ1) is 8.31. The molecule has 0 aromatic heterocycles. The molecule has 18 heavy (non-hydrogen) atoms. The Kier molecular flexibility index (Phi) is 3.19. The van der Waals surface area contributed by atoms with E-state index >= 15 is 0 Å². The third-order valence-corrected chi connectivity index (χ3v) is 4.87. The first kappa shape index (κ1) is 13.1. The fourth-order valence-electron chi connectivity index (χ4n) is 2.07. The number of carbonyl (C=O) groups is 1. The maximum atomic E-state index is 12.1. The van der Waals surface area contributed by atoms with Crippen LogP contribution >= 0.6 is 0 Å². The first-order valence-corrected chi connectivity index (χ1v) is 7.45. The lowest BCUT2D eigenvalue weighted by molar-refractivity contribution is -0.146. The summed E-state index contributed by atoms with van der Waals surface area (Å²) < 4.78 is 29.3. The second-order valence-electron chi connectivity index (χ2n) is 5.21. The molecule has 1 fully saturated rings. The molecule has 2 rings (SSSR count). The molecule has 0 radical (unpaired) electrons. The molecular formula is C13H16O4S. The number of rotatable bonds is 3. The van der Waals surface area contributed by atoms with Crippen molar-refractivity contribution in [2.45, 2.75) is 31.3 Å². The van der Waals surface area contributed by atoms with Crippen molar-refractivity contribution >= 4 is 15.8 Å². The Morgan fingerprint density at radius 1 is 1.28 bits per heavy atom. The Morgan fingerprint density at radius 2 is 1.89 bits per heavy atom. The fraction of sp³-hybridized carbons (Fsp3) is 0.462. The van der Waals surface area contributed by atoms with Crippen molar-refractivity contribution < 1.29 is 17.9 Å². The van der Waals surface area contributed by atoms with Crippen LogP contribution in [0, 0.1) is 5.41 Å². The van der Waals surface area contributed by atoms with Gasteiger partial charge in [-0.2, -0.15) is 0 Å². The highest BCUT2D eigenvalue weighted by Gasteiger charge is 2.43. The van der Waals surface area contributed by atoms with E-state index in [-0.39, 0.29) is 16.6 Å². The average Bonchev–Trinajstić information content (AvgIpc) is 2.52. The highest BCUT2D eigenvalue weighted by molar-refractivity contribution is 7.91. The van der Waals surface area contributed by atoms with E-state index in [0.29, 0.717) is 6.42 Å². The minimum atomic E-state index is -3.39. The minimum absolute atomic E-state index is 0.147. The number of hydrogen-bond donors (Lipinski definition) is 0. The van der Waals surface area contributed by atoms with Gasteiger partial charge in [-0.1, -0.05) is 18.2 Å². The summed E-state index contributed by atoms with van der Waals surface area (Å²) >= 11 is 0. The van der Waals surface area contributed by atoms with E-state index in [9.17, 15) is 13.2 Å². The number of esters is 1. The maximum Gasteiger partial charge on any atom is 0.311 e. The SMILES string of the molecule is CC1(C)C[C@H](CS(=O)(=O)c2ccccc2)OC1=O. The second-order valence-corrected chi connectivity index (χ2v) is 7.24. The molecule has 0 spiro atoms. The van der Waals surface area contributed by atoms with Crippen LogP contribution in [0.3, 0.4) is 0 Å². The van der Waals surface area contributed by atoms with Crippen LogP contribution in [0.1, 0.15) is 20.3 Å². The molecule has 1 heterocycles. The molecule has 0 amide bonds. The van der Waals surface area contributed by atoms with Gasteiger partial charge in [0.2, 0.25) is 0 Å². The summed E-state index contributed by atoms with van der Waals surface area (Å²) in [5, 5.41) is 0. The Labute approximate surface area is 107 Å². The molecule has 1 aromatic rings. The molecule has 0 N–H and O–H groups in total. The van der Waals surface area contributed by atoms with Gasteiger partial charge in [0.1, 0.15) is 6.10 Å². The molecule has 0 saturated carbocycles. The Bertz CT molecular complexity index is 546. The van der Waals surface area contributed by atoms with Crippen molar-refractivity contribution in [1.29, 1.82) is 0 Å². The van der Waals surface area contributed by atoms with Crippen LogP contribution in [-0.2, 0) is 19.4 Å². The molecule has 1 aromatic carbocycles. The van der Waals surface area contributed by atoms with Gasteiger partial charge in [-0.15, -0.1) is 0 Å². The lowest BCUT2D eigenvalue weighted by Crippen LogP contribution is -2.21. The number of hydrogen-bond acceptors (Lipinski definition) is 4. The van der Waals surface area contributed by atoms with E-state index in [2.05, 4.69) is 0 Å². The van der Waals surface area contributed by atoms with Crippen LogP contribution in [0.4, 0.5) is 0 Å². The van der Waals surface area contributed by atoms with E-state index in [1.165, 1.54) is 0 Å². The van der Waals surface area contributed by atoms with E-state index in [1.807, 2.05) is 0 Å². The van der Waals surface area contributed by atoms with E-state index in [4.69, 9.17) is 4.74 Å². The summed E-state index contributed by atoms with van der Waals surface area (Å²) in [6.45, 7) is 3.54. The van der Waals surface area contributed by atoms with E-state index in [1.54, 1.807) is 44.2 Å². The minimum Gasteiger partial charge on any atom is -0.461 e. The van der Waals surface area contributed by atoms with Crippen molar-refractivity contribution in [3.05, 3.63) is 30.3 Å². The third kappa shape index (κ3) is 2.56. The van der Waals surface area contributed by atoms with Crippen LogP contribution < -0.4 is 0 Å². The lowest BCUT2D eigenvalue weighted by Gasteiger charge is -2.11. The molecule has 0 bridgehead atoms. The topological polar surface area (TPSA) is 60.4 Å². The van der Waals surface area contributed by atoms with Gasteiger partial charge in [0.15, 0.2) is 9.84 Å². The lowest BCUT2D eigenvalue weighted by atomic mass is 9.90. The van der Waals surface area contributed by atoms with Crippen molar-refractivity contribution in [1.82, 2.24) is 0 Å². The van der Waals surface area contributed by atoms with Crippen molar-refractivity contribution in [3.63, 3.8) is 0 Å². The van der Waals surface area contributed by atoms with Crippen molar-refractivity contribution in [2.24, 2.45) is 5.41 Å². The average molecular weight is 268 g/mol. The van der Waals surface area contributed by atoms with Gasteiger partial charge in [-0.05, 0) is 26.0 Å². The molecule has 1 saturated heterocycles. The van der Waals surface area contributed by atoms with E-state index < -0.39 is 21.4 Å². The zero-order valence-corrected chi connectivity index (χ0v) is 11.2. The van der Waals surface area contributed by atoms with Crippen molar-refractivity contribution in [3.8, 4) is 0 Å². The van der Waals surface area contributed by atoms with Gasteiger partial charge in [0.25, 0.3) is 0 Å². The predicted octanol–water partition coefficient (Wildman–Crippen LogP) is 1.80. The van der Waals surface area contributed by atoms with Crippen LogP contribution in [0.5, 0.6) is 0 Å². The third-order valence-electron chi connectivity index (χ3n) is 3.07. The smallest absolute Gasteiger partial charge is 0.311 e. The zero-order valence-electron chi connectivity index (χ0n) is 10.4. The van der Waals surface area contributed by atoms with Gasteiger partial charge in [-0.25, -0.2) is 8.42 Å². The van der Waals surface area contributed by atoms with E-state index in [0.717, 1.165) is 0 Å². The van der Waals surface area contributed by atoms with Crippen molar-refractivity contribution in [2.75, 3.05) is 5.75 Å². The standard InChI is InChI=1S/C13H16O4S/c1-13(2)8-10(17-12(13)14)9-18(15,16)11-6-4-3-5-7-11/h3-7,10H,8-9H2,1-2H3/t10-/m1/s1. The number of cyclic esters (lactones) is 1. The monoisotopic (exact) mass is 268 g/mol. The summed E-state index contributed by atoms with van der Waals surface area (Å²) in [4.78, 5) is 11.8. The molecule has 1 atom stereocenters. The summed E-state index contributed by atoms with van der Waals surface area (Å²) in [6, 6.07) is 8.22. The second kappa shape index (κ2) is 4.39. The molecule has 5 heteroatoms. The summed E-state index contributed by atoms with van der Waals surface area (Å²) in [7, 11) is -3.39. The maximum absolute atomic E-state index is 12.1. The summed E-state index contributed by atoms with van der Waals surface area (Å²) in [6.07, 6.45) is -0.101. The normalized spacial score (nSPS) is 22.8. The molecule has 1 aliphatic heterocycles. The number of benzene rings is 1. The highest BCUT2D eigenvalue weighted by atomic mass is 32.2. The molecule has 0 aliphatic carbocycles. The quantitative estimate of drug-likeness (QED) is 0.784. The summed E-state index contributed by atoms with van der Waals surface area (Å²) in [5.41, 5.74) is -0.586. The highest BCUT2D eigenvalue weighted by Crippen LogP contribution is 2.34. The molecule has 4 nitrogen and oxygen atoms in total. The van der Waals surface area contributed by atoms with Crippen LogP contribution in [0.2, 0.25) is 0 Å². The van der Waals surface area contributed by atoms with Gasteiger partial charge < -0.3 is 4.74 Å². The zero-order chi connectivity index (χ0) is 13.4. The fourth-order valence-corrected chi connectivity index (χ4v) is 3.51. The van der Waals surface area contributed by atoms with Crippen LogP contribution in [0.25, 0.3) is 0 Å². The molecule has 0 unspecified atom stereocenters. The van der Waals surface area contributed by atoms with Crippen LogP contribution in [-0.4, -0.2) is 26.2 Å². The Balaban J connectivity index is 2.14. The van der Waals surface area contributed by atoms with Gasteiger partial charge in [0, 0.05) is 6.42 Å².